The second kappa shape index (κ2) is 7.79. The number of thiocarbonyl (C=S) groups is 1. The maximum Gasteiger partial charge on any atom is 0.353 e. The molecule has 0 aliphatic carbocycles. The molecular formula is C12H13N5O5S. The van der Waals surface area contributed by atoms with Crippen molar-refractivity contribution in [2.45, 2.75) is 13.8 Å². The molecule has 122 valence electrons. The van der Waals surface area contributed by atoms with E-state index >= 15 is 0 Å². The number of carbonyl (C=O) groups is 1. The Bertz CT molecular complexity index is 703. The van der Waals surface area contributed by atoms with Gasteiger partial charge in [0.05, 0.1) is 15.4 Å². The number of nitrogens with one attached hydrogen (secondary N) is 3. The Morgan fingerprint density at radius 3 is 2.39 bits per heavy atom. The molecular weight excluding hydrogens is 326 g/mol. The van der Waals surface area contributed by atoms with Gasteiger partial charge in [-0.1, -0.05) is 6.07 Å². The van der Waals surface area contributed by atoms with Crippen molar-refractivity contribution in [2.24, 2.45) is 0 Å². The first-order chi connectivity index (χ1) is 10.7. The summed E-state index contributed by atoms with van der Waals surface area (Å²) in [5.74, 6) is -0.358. The molecule has 0 fully saturated rings. The van der Waals surface area contributed by atoms with Crippen LogP contribution in [0.3, 0.4) is 0 Å². The number of carbonyl (C=O) groups excluding carboxylic acids is 1. The molecule has 0 spiro atoms. The predicted octanol–water partition coefficient (Wildman–Crippen LogP) is 1.30. The topological polar surface area (TPSA) is 139 Å². The Morgan fingerprint density at radius 1 is 1.22 bits per heavy atom. The van der Waals surface area contributed by atoms with Crippen LogP contribution >= 0.6 is 12.2 Å². The molecule has 11 heteroatoms. The number of nitrogens with zero attached hydrogens (tertiary/aromatic N) is 2. The quantitative estimate of drug-likeness (QED) is 0.423. The molecule has 0 aliphatic rings. The molecule has 0 atom stereocenters. The molecule has 0 heterocycles. The van der Waals surface area contributed by atoms with E-state index in [2.05, 4.69) is 16.2 Å². The fourth-order valence-corrected chi connectivity index (χ4v) is 1.75. The molecule has 0 bridgehead atoms. The SMILES string of the molecule is CC(=O)NNC(=S)N/C=C/c1c(C)ccc([N+](=O)[O-])c1[N+](=O)[O-]. The van der Waals surface area contributed by atoms with Gasteiger partial charge in [0.15, 0.2) is 5.11 Å². The van der Waals surface area contributed by atoms with Crippen molar-refractivity contribution >= 4 is 40.7 Å². The van der Waals surface area contributed by atoms with E-state index in [1.807, 2.05) is 0 Å². The van der Waals surface area contributed by atoms with Crippen molar-refractivity contribution in [3.63, 3.8) is 0 Å². The number of amides is 1. The minimum Gasteiger partial charge on any atom is -0.338 e. The Morgan fingerprint density at radius 2 is 1.87 bits per heavy atom. The summed E-state index contributed by atoms with van der Waals surface area (Å²) >= 11 is 4.84. The van der Waals surface area contributed by atoms with E-state index in [1.165, 1.54) is 25.3 Å². The van der Waals surface area contributed by atoms with Gasteiger partial charge in [0.2, 0.25) is 5.91 Å². The van der Waals surface area contributed by atoms with Crippen molar-refractivity contribution in [3.05, 3.63) is 49.7 Å². The molecule has 1 aromatic carbocycles. The molecule has 0 unspecified atom stereocenters. The zero-order valence-corrected chi connectivity index (χ0v) is 13.0. The lowest BCUT2D eigenvalue weighted by atomic mass is 10.1. The third kappa shape index (κ3) is 5.00. The third-order valence-electron chi connectivity index (χ3n) is 2.61. The summed E-state index contributed by atoms with van der Waals surface area (Å²) in [6, 6.07) is 2.50. The van der Waals surface area contributed by atoms with Crippen LogP contribution < -0.4 is 16.2 Å². The van der Waals surface area contributed by atoms with E-state index in [1.54, 1.807) is 6.92 Å². The monoisotopic (exact) mass is 339 g/mol. The predicted molar refractivity (Wildman–Crippen MR) is 86.2 cm³/mol. The van der Waals surface area contributed by atoms with Crippen LogP contribution in [0.4, 0.5) is 11.4 Å². The highest BCUT2D eigenvalue weighted by molar-refractivity contribution is 7.80. The Kier molecular flexibility index (Phi) is 6.09. The van der Waals surface area contributed by atoms with Crippen molar-refractivity contribution in [2.75, 3.05) is 0 Å². The van der Waals surface area contributed by atoms with Crippen molar-refractivity contribution < 1.29 is 14.6 Å². The molecule has 1 rings (SSSR count). The van der Waals surface area contributed by atoms with Crippen LogP contribution in [0.25, 0.3) is 6.08 Å². The summed E-state index contributed by atoms with van der Waals surface area (Å²) in [6.45, 7) is 2.87. The van der Waals surface area contributed by atoms with E-state index in [-0.39, 0.29) is 16.6 Å². The van der Waals surface area contributed by atoms with Gasteiger partial charge in [-0.25, -0.2) is 0 Å². The second-order valence-corrected chi connectivity index (χ2v) is 4.70. The van der Waals surface area contributed by atoms with E-state index < -0.39 is 21.2 Å². The summed E-state index contributed by atoms with van der Waals surface area (Å²) < 4.78 is 0. The normalized spacial score (nSPS) is 10.2. The van der Waals surface area contributed by atoms with Crippen molar-refractivity contribution in [3.8, 4) is 0 Å². The van der Waals surface area contributed by atoms with Gasteiger partial charge < -0.3 is 5.32 Å². The average molecular weight is 339 g/mol. The molecule has 0 saturated carbocycles. The summed E-state index contributed by atoms with van der Waals surface area (Å²) in [4.78, 5) is 31.1. The van der Waals surface area contributed by atoms with E-state index in [4.69, 9.17) is 12.2 Å². The van der Waals surface area contributed by atoms with E-state index in [0.717, 1.165) is 6.07 Å². The standard InChI is InChI=1S/C12H13N5O5S/c1-7-3-4-10(16(19)20)11(17(21)22)9(7)5-6-13-12(23)15-14-8(2)18/h3-6H,1-2H3,(H,14,18)(H2,13,15,23)/b6-5+. The smallest absolute Gasteiger partial charge is 0.338 e. The average Bonchev–Trinajstić information content (AvgIpc) is 2.45. The molecule has 23 heavy (non-hydrogen) atoms. The minimum absolute atomic E-state index is 0.0437. The zero-order valence-electron chi connectivity index (χ0n) is 12.2. The first kappa shape index (κ1) is 18.0. The molecule has 3 N–H and O–H groups in total. The molecule has 1 amide bonds. The van der Waals surface area contributed by atoms with Crippen molar-refractivity contribution in [1.82, 2.24) is 16.2 Å². The molecule has 1 aromatic rings. The Labute approximate surface area is 135 Å². The summed E-state index contributed by atoms with van der Waals surface area (Å²) in [7, 11) is 0. The van der Waals surface area contributed by atoms with Crippen LogP contribution in [0.2, 0.25) is 0 Å². The van der Waals surface area contributed by atoms with Gasteiger partial charge >= 0.3 is 11.4 Å². The van der Waals surface area contributed by atoms with Gasteiger partial charge in [0.1, 0.15) is 0 Å². The molecule has 10 nitrogen and oxygen atoms in total. The number of hydrogen-bond acceptors (Lipinski definition) is 6. The maximum atomic E-state index is 11.1. The van der Waals surface area contributed by atoms with Gasteiger partial charge in [-0.15, -0.1) is 0 Å². The number of rotatable bonds is 4. The fourth-order valence-electron chi connectivity index (χ4n) is 1.63. The van der Waals surface area contributed by atoms with Gasteiger partial charge in [-0.3, -0.25) is 35.9 Å². The second-order valence-electron chi connectivity index (χ2n) is 4.29. The van der Waals surface area contributed by atoms with Crippen LogP contribution in [0.1, 0.15) is 18.1 Å². The third-order valence-corrected chi connectivity index (χ3v) is 2.83. The van der Waals surface area contributed by atoms with Gasteiger partial charge in [-0.05, 0) is 30.8 Å². The minimum atomic E-state index is -0.814. The molecule has 0 aromatic heterocycles. The lowest BCUT2D eigenvalue weighted by Gasteiger charge is -2.07. The molecule has 0 saturated heterocycles. The maximum absolute atomic E-state index is 11.1. The van der Waals surface area contributed by atoms with Crippen LogP contribution in [0, 0.1) is 27.2 Å². The Balaban J connectivity index is 3.03. The highest BCUT2D eigenvalue weighted by Crippen LogP contribution is 2.33. The number of aryl methyl sites for hydroxylation is 1. The van der Waals surface area contributed by atoms with Crippen molar-refractivity contribution in [1.29, 1.82) is 0 Å². The zero-order chi connectivity index (χ0) is 17.6. The fraction of sp³-hybridized carbons (Fsp3) is 0.167. The van der Waals surface area contributed by atoms with Gasteiger partial charge in [0, 0.05) is 19.2 Å². The Hall–Kier alpha value is -3.08. The number of nitro benzene ring substituents is 2. The summed E-state index contributed by atoms with van der Waals surface area (Å²) in [5.41, 5.74) is 3.98. The summed E-state index contributed by atoms with van der Waals surface area (Å²) in [5, 5.41) is 24.7. The largest absolute Gasteiger partial charge is 0.353 e. The van der Waals surface area contributed by atoms with Gasteiger partial charge in [0.25, 0.3) is 0 Å². The molecule has 0 aliphatic heterocycles. The van der Waals surface area contributed by atoms with E-state index in [0.29, 0.717) is 5.56 Å². The van der Waals surface area contributed by atoms with Crippen LogP contribution in [0.5, 0.6) is 0 Å². The van der Waals surface area contributed by atoms with Crippen LogP contribution in [0.15, 0.2) is 18.3 Å². The van der Waals surface area contributed by atoms with Gasteiger partial charge in [-0.2, -0.15) is 0 Å². The van der Waals surface area contributed by atoms with E-state index in [9.17, 15) is 25.0 Å². The highest BCUT2D eigenvalue weighted by Gasteiger charge is 2.28. The molecule has 0 radical (unpaired) electrons. The van der Waals surface area contributed by atoms with Crippen LogP contribution in [-0.4, -0.2) is 20.9 Å². The number of hydrazine groups is 1. The lowest BCUT2D eigenvalue weighted by molar-refractivity contribution is -0.422. The summed E-state index contributed by atoms with van der Waals surface area (Å²) in [6.07, 6.45) is 2.57. The lowest BCUT2D eigenvalue weighted by Crippen LogP contribution is -2.44. The first-order valence-electron chi connectivity index (χ1n) is 6.16. The highest BCUT2D eigenvalue weighted by atomic mass is 32.1. The van der Waals surface area contributed by atoms with Crippen LogP contribution in [-0.2, 0) is 4.79 Å². The first-order valence-corrected chi connectivity index (χ1v) is 6.57. The number of hydrogen-bond donors (Lipinski definition) is 3. The number of nitro groups is 2. The number of benzene rings is 1.